The zero-order valence-electron chi connectivity index (χ0n) is 14.3. The Hall–Kier alpha value is -2.75. The molecule has 0 fully saturated rings. The molecule has 126 valence electrons. The molecule has 0 bridgehead atoms. The number of carbonyl (C=O) groups is 1. The highest BCUT2D eigenvalue weighted by Gasteiger charge is 2.01. The van der Waals surface area contributed by atoms with Crippen molar-refractivity contribution in [3.8, 4) is 11.5 Å². The average Bonchev–Trinajstić information content (AvgIpc) is 2.60. The summed E-state index contributed by atoms with van der Waals surface area (Å²) in [4.78, 5) is 11.8. The molecule has 4 heteroatoms. The third-order valence-electron chi connectivity index (χ3n) is 3.76. The lowest BCUT2D eigenvalue weighted by Crippen LogP contribution is -2.26. The summed E-state index contributed by atoms with van der Waals surface area (Å²) < 4.78 is 10.8. The van der Waals surface area contributed by atoms with Gasteiger partial charge >= 0.3 is 0 Å². The lowest BCUT2D eigenvalue weighted by molar-refractivity contribution is -0.116. The maximum atomic E-state index is 11.8. The van der Waals surface area contributed by atoms with E-state index in [2.05, 4.69) is 5.32 Å². The summed E-state index contributed by atoms with van der Waals surface area (Å²) in [5.41, 5.74) is 3.26. The maximum Gasteiger partial charge on any atom is 0.244 e. The maximum absolute atomic E-state index is 11.8. The number of methoxy groups -OCH3 is 1. The standard InChI is InChI=1S/C20H23NO3/c1-15-5-4-6-19(16(15)2)24-14-13-21-20(22)12-9-17-7-10-18(23-3)11-8-17/h4-12H,13-14H2,1-3H3,(H,21,22)/b12-9+. The summed E-state index contributed by atoms with van der Waals surface area (Å²) in [5, 5.41) is 2.80. The molecule has 1 N–H and O–H groups in total. The Morgan fingerprint density at radius 2 is 1.88 bits per heavy atom. The normalized spacial score (nSPS) is 10.6. The smallest absolute Gasteiger partial charge is 0.244 e. The monoisotopic (exact) mass is 325 g/mol. The van der Waals surface area contributed by atoms with Crippen molar-refractivity contribution in [2.24, 2.45) is 0 Å². The first-order valence-electron chi connectivity index (χ1n) is 7.89. The molecule has 2 aromatic rings. The second-order valence-electron chi connectivity index (χ2n) is 5.44. The van der Waals surface area contributed by atoms with Crippen LogP contribution >= 0.6 is 0 Å². The van der Waals surface area contributed by atoms with Crippen LogP contribution in [0.15, 0.2) is 48.5 Å². The number of rotatable bonds is 7. The molecule has 0 saturated heterocycles. The highest BCUT2D eigenvalue weighted by molar-refractivity contribution is 5.91. The SMILES string of the molecule is COc1ccc(/C=C/C(=O)NCCOc2cccc(C)c2C)cc1. The van der Waals surface area contributed by atoms with Crippen LogP contribution in [-0.2, 0) is 4.79 Å². The second-order valence-corrected chi connectivity index (χ2v) is 5.44. The first-order valence-corrected chi connectivity index (χ1v) is 7.89. The molecule has 0 radical (unpaired) electrons. The molecule has 0 aliphatic heterocycles. The minimum Gasteiger partial charge on any atom is -0.497 e. The molecule has 0 heterocycles. The number of benzene rings is 2. The van der Waals surface area contributed by atoms with Crippen molar-refractivity contribution >= 4 is 12.0 Å². The van der Waals surface area contributed by atoms with E-state index in [1.807, 2.05) is 56.3 Å². The Kier molecular flexibility index (Phi) is 6.43. The second kappa shape index (κ2) is 8.77. The molecule has 0 unspecified atom stereocenters. The highest BCUT2D eigenvalue weighted by atomic mass is 16.5. The summed E-state index contributed by atoms with van der Waals surface area (Å²) in [7, 11) is 1.62. The predicted octanol–water partition coefficient (Wildman–Crippen LogP) is 3.52. The number of hydrogen-bond acceptors (Lipinski definition) is 3. The van der Waals surface area contributed by atoms with Crippen LogP contribution in [0.1, 0.15) is 16.7 Å². The van der Waals surface area contributed by atoms with Gasteiger partial charge in [0.15, 0.2) is 0 Å². The first-order chi connectivity index (χ1) is 11.6. The number of hydrogen-bond donors (Lipinski definition) is 1. The molecule has 2 rings (SSSR count). The van der Waals surface area contributed by atoms with Crippen molar-refractivity contribution in [2.75, 3.05) is 20.3 Å². The fraction of sp³-hybridized carbons (Fsp3) is 0.250. The van der Waals surface area contributed by atoms with Gasteiger partial charge in [-0.1, -0.05) is 24.3 Å². The van der Waals surface area contributed by atoms with Gasteiger partial charge in [0.25, 0.3) is 0 Å². The van der Waals surface area contributed by atoms with E-state index in [-0.39, 0.29) is 5.91 Å². The number of aryl methyl sites for hydroxylation is 1. The minimum absolute atomic E-state index is 0.143. The van der Waals surface area contributed by atoms with Crippen LogP contribution in [0.3, 0.4) is 0 Å². The van der Waals surface area contributed by atoms with Gasteiger partial charge in [-0.05, 0) is 54.8 Å². The number of ether oxygens (including phenoxy) is 2. The molecule has 0 aromatic heterocycles. The van der Waals surface area contributed by atoms with Gasteiger partial charge in [0, 0.05) is 6.08 Å². The van der Waals surface area contributed by atoms with Crippen molar-refractivity contribution in [3.63, 3.8) is 0 Å². The van der Waals surface area contributed by atoms with Gasteiger partial charge in [0.2, 0.25) is 5.91 Å². The molecule has 1 amide bonds. The summed E-state index contributed by atoms with van der Waals surface area (Å²) >= 11 is 0. The van der Waals surface area contributed by atoms with Crippen LogP contribution in [0, 0.1) is 13.8 Å². The molecule has 2 aromatic carbocycles. The Bertz CT molecular complexity index is 705. The van der Waals surface area contributed by atoms with Gasteiger partial charge < -0.3 is 14.8 Å². The van der Waals surface area contributed by atoms with Crippen LogP contribution in [0.4, 0.5) is 0 Å². The van der Waals surface area contributed by atoms with Gasteiger partial charge in [-0.15, -0.1) is 0 Å². The van der Waals surface area contributed by atoms with Crippen LogP contribution in [-0.4, -0.2) is 26.2 Å². The lowest BCUT2D eigenvalue weighted by atomic mass is 10.1. The molecular formula is C20H23NO3. The quantitative estimate of drug-likeness (QED) is 0.626. The lowest BCUT2D eigenvalue weighted by Gasteiger charge is -2.10. The van der Waals surface area contributed by atoms with Gasteiger partial charge in [-0.25, -0.2) is 0 Å². The Balaban J connectivity index is 1.74. The van der Waals surface area contributed by atoms with Crippen molar-refractivity contribution < 1.29 is 14.3 Å². The molecule has 0 aliphatic carbocycles. The molecule has 24 heavy (non-hydrogen) atoms. The van der Waals surface area contributed by atoms with Crippen LogP contribution in [0.2, 0.25) is 0 Å². The van der Waals surface area contributed by atoms with E-state index >= 15 is 0 Å². The summed E-state index contributed by atoms with van der Waals surface area (Å²) in [5.74, 6) is 1.51. The van der Waals surface area contributed by atoms with Crippen molar-refractivity contribution in [2.45, 2.75) is 13.8 Å². The Morgan fingerprint density at radius 3 is 2.58 bits per heavy atom. The van der Waals surface area contributed by atoms with E-state index in [4.69, 9.17) is 9.47 Å². The van der Waals surface area contributed by atoms with E-state index in [1.54, 1.807) is 13.2 Å². The van der Waals surface area contributed by atoms with Crippen molar-refractivity contribution in [1.29, 1.82) is 0 Å². The predicted molar refractivity (Wildman–Crippen MR) is 96.4 cm³/mol. The zero-order valence-corrected chi connectivity index (χ0v) is 14.3. The molecule has 0 atom stereocenters. The number of amides is 1. The third-order valence-corrected chi connectivity index (χ3v) is 3.76. The first kappa shape index (κ1) is 17.6. The minimum atomic E-state index is -0.143. The molecular weight excluding hydrogens is 302 g/mol. The molecule has 0 saturated carbocycles. The van der Waals surface area contributed by atoms with Crippen LogP contribution in [0.25, 0.3) is 6.08 Å². The molecule has 0 spiro atoms. The summed E-state index contributed by atoms with van der Waals surface area (Å²) in [6, 6.07) is 13.5. The number of carbonyl (C=O) groups excluding carboxylic acids is 1. The average molecular weight is 325 g/mol. The fourth-order valence-corrected chi connectivity index (χ4v) is 2.16. The van der Waals surface area contributed by atoms with E-state index in [0.29, 0.717) is 13.2 Å². The topological polar surface area (TPSA) is 47.6 Å². The largest absolute Gasteiger partial charge is 0.497 e. The van der Waals surface area contributed by atoms with Crippen molar-refractivity contribution in [3.05, 3.63) is 65.2 Å². The number of nitrogens with one attached hydrogen (secondary N) is 1. The van der Waals surface area contributed by atoms with Gasteiger partial charge in [0.1, 0.15) is 18.1 Å². The van der Waals surface area contributed by atoms with E-state index < -0.39 is 0 Å². The van der Waals surface area contributed by atoms with Gasteiger partial charge in [-0.3, -0.25) is 4.79 Å². The van der Waals surface area contributed by atoms with Gasteiger partial charge in [0.05, 0.1) is 13.7 Å². The highest BCUT2D eigenvalue weighted by Crippen LogP contribution is 2.20. The zero-order chi connectivity index (χ0) is 17.4. The Morgan fingerprint density at radius 1 is 1.12 bits per heavy atom. The fourth-order valence-electron chi connectivity index (χ4n) is 2.16. The third kappa shape index (κ3) is 5.16. The Labute approximate surface area is 143 Å². The summed E-state index contributed by atoms with van der Waals surface area (Å²) in [6.07, 6.45) is 3.28. The van der Waals surface area contributed by atoms with E-state index in [1.165, 1.54) is 11.6 Å². The van der Waals surface area contributed by atoms with Crippen LogP contribution in [0.5, 0.6) is 11.5 Å². The van der Waals surface area contributed by atoms with E-state index in [9.17, 15) is 4.79 Å². The van der Waals surface area contributed by atoms with E-state index in [0.717, 1.165) is 22.6 Å². The summed E-state index contributed by atoms with van der Waals surface area (Å²) in [6.45, 7) is 4.97. The van der Waals surface area contributed by atoms with Gasteiger partial charge in [-0.2, -0.15) is 0 Å². The molecule has 4 nitrogen and oxygen atoms in total. The molecule has 0 aliphatic rings. The van der Waals surface area contributed by atoms with Crippen LogP contribution < -0.4 is 14.8 Å². The van der Waals surface area contributed by atoms with Crippen molar-refractivity contribution in [1.82, 2.24) is 5.32 Å².